The van der Waals surface area contributed by atoms with Gasteiger partial charge in [-0.2, -0.15) is 8.42 Å². The van der Waals surface area contributed by atoms with Crippen LogP contribution in [0.15, 0.2) is 23.1 Å². The van der Waals surface area contributed by atoms with E-state index in [1.54, 1.807) is 0 Å². The zero-order valence-corrected chi connectivity index (χ0v) is 14.0. The summed E-state index contributed by atoms with van der Waals surface area (Å²) in [6, 6.07) is 2.68. The van der Waals surface area contributed by atoms with Crippen LogP contribution in [0.2, 0.25) is 0 Å². The molecule has 0 spiro atoms. The number of aromatic hydroxyl groups is 1. The molecule has 1 aromatic carbocycles. The van der Waals surface area contributed by atoms with Gasteiger partial charge < -0.3 is 24.7 Å². The Morgan fingerprint density at radius 2 is 1.48 bits per heavy atom. The third kappa shape index (κ3) is 7.53. The van der Waals surface area contributed by atoms with Gasteiger partial charge in [0.2, 0.25) is 0 Å². The monoisotopic (exact) mass is 391 g/mol. The summed E-state index contributed by atoms with van der Waals surface area (Å²) in [5, 5.41) is 9.71. The van der Waals surface area contributed by atoms with Crippen molar-refractivity contribution in [3.63, 3.8) is 0 Å². The highest BCUT2D eigenvalue weighted by Gasteiger charge is 2.26. The Morgan fingerprint density at radius 1 is 1.00 bits per heavy atom. The van der Waals surface area contributed by atoms with Crippen LogP contribution in [0.3, 0.4) is 0 Å². The summed E-state index contributed by atoms with van der Waals surface area (Å²) in [7, 11) is -13.8. The smallest absolute Gasteiger partial charge is 0.339 e. The Balaban J connectivity index is 3.08. The lowest BCUT2D eigenvalue weighted by molar-refractivity contribution is 0.270. The topological polar surface area (TPSA) is 193 Å². The van der Waals surface area contributed by atoms with Crippen molar-refractivity contribution < 1.29 is 46.8 Å². The van der Waals surface area contributed by atoms with Crippen molar-refractivity contribution >= 4 is 25.3 Å². The molecule has 11 nitrogen and oxygen atoms in total. The number of hydrogen-bond donors (Lipinski definition) is 6. The molecular formula is C9H15NO10P2S. The molecule has 23 heavy (non-hydrogen) atoms. The van der Waals surface area contributed by atoms with Crippen LogP contribution in [0.25, 0.3) is 0 Å². The summed E-state index contributed by atoms with van der Waals surface area (Å²) < 4.78 is 52.7. The number of hydrogen-bond acceptors (Lipinski definition) is 6. The van der Waals surface area contributed by atoms with Gasteiger partial charge in [0.25, 0.3) is 10.1 Å². The molecule has 0 aliphatic heterocycles. The number of nitrogens with zero attached hydrogens (tertiary/aromatic N) is 1. The third-order valence-electron chi connectivity index (χ3n) is 2.52. The van der Waals surface area contributed by atoms with Gasteiger partial charge in [-0.15, -0.1) is 0 Å². The van der Waals surface area contributed by atoms with Crippen LogP contribution < -0.4 is 0 Å². The first-order valence-corrected chi connectivity index (χ1v) is 10.8. The predicted molar refractivity (Wildman–Crippen MR) is 77.3 cm³/mol. The molecule has 0 atom stereocenters. The van der Waals surface area contributed by atoms with Crippen LogP contribution in [0.1, 0.15) is 5.56 Å². The number of benzene rings is 1. The van der Waals surface area contributed by atoms with E-state index in [1.807, 2.05) is 0 Å². The molecule has 0 fully saturated rings. The Labute approximate surface area is 131 Å². The first-order chi connectivity index (χ1) is 10.2. The standard InChI is InChI=1S/C9H15NO10P2S/c11-9-3-8(23(18,19)20)2-1-7(9)4-10(5-21(12,13)14)6-22(15,16)17/h1-3,11H,4-6H2,(H2,12,13,14)(H2,15,16,17)(H,18,19,20). The molecule has 0 saturated heterocycles. The molecule has 1 aromatic rings. The van der Waals surface area contributed by atoms with E-state index < -0.39 is 55.1 Å². The minimum absolute atomic E-state index is 0.0423. The van der Waals surface area contributed by atoms with Crippen molar-refractivity contribution in [2.45, 2.75) is 11.4 Å². The van der Waals surface area contributed by atoms with Crippen molar-refractivity contribution in [3.05, 3.63) is 23.8 Å². The summed E-state index contributed by atoms with van der Waals surface area (Å²) in [4.78, 5) is 35.8. The Kier molecular flexibility index (Phi) is 6.14. The highest BCUT2D eigenvalue weighted by atomic mass is 32.2. The van der Waals surface area contributed by atoms with E-state index in [9.17, 15) is 22.7 Å². The molecule has 0 saturated carbocycles. The van der Waals surface area contributed by atoms with E-state index >= 15 is 0 Å². The fourth-order valence-corrected chi connectivity index (χ4v) is 3.84. The second kappa shape index (κ2) is 6.98. The predicted octanol–water partition coefficient (Wildman–Crippen LogP) is -0.289. The molecule has 132 valence electrons. The van der Waals surface area contributed by atoms with Crippen LogP contribution in [0.5, 0.6) is 5.75 Å². The van der Waals surface area contributed by atoms with E-state index in [0.29, 0.717) is 6.07 Å². The average Bonchev–Trinajstić information content (AvgIpc) is 2.25. The van der Waals surface area contributed by atoms with Crippen LogP contribution >= 0.6 is 15.2 Å². The number of rotatable bonds is 7. The summed E-state index contributed by atoms with van der Waals surface area (Å²) >= 11 is 0. The summed E-state index contributed by atoms with van der Waals surface area (Å²) in [5.74, 6) is -0.624. The van der Waals surface area contributed by atoms with Gasteiger partial charge in [0, 0.05) is 18.2 Å². The van der Waals surface area contributed by atoms with Crippen molar-refractivity contribution in [1.82, 2.24) is 4.90 Å². The lowest BCUT2D eigenvalue weighted by atomic mass is 10.2. The first kappa shape index (κ1) is 20.2. The zero-order chi connectivity index (χ0) is 18.1. The van der Waals surface area contributed by atoms with E-state index in [-0.39, 0.29) is 5.56 Å². The van der Waals surface area contributed by atoms with Crippen LogP contribution in [0, 0.1) is 0 Å². The molecule has 0 radical (unpaired) electrons. The van der Waals surface area contributed by atoms with Crippen LogP contribution in [-0.4, -0.2) is 55.1 Å². The van der Waals surface area contributed by atoms with Gasteiger partial charge in [-0.3, -0.25) is 18.6 Å². The fourth-order valence-electron chi connectivity index (χ4n) is 1.74. The second-order valence-corrected chi connectivity index (χ2v) is 9.35. The number of phenols is 1. The maximum Gasteiger partial charge on any atom is 0.339 e. The Hall–Kier alpha value is -0.810. The van der Waals surface area contributed by atoms with Crippen molar-refractivity contribution in [2.24, 2.45) is 0 Å². The third-order valence-corrected chi connectivity index (χ3v) is 4.90. The molecule has 0 unspecified atom stereocenters. The molecule has 0 amide bonds. The van der Waals surface area contributed by atoms with Gasteiger partial charge in [-0.05, 0) is 6.07 Å². The highest BCUT2D eigenvalue weighted by Crippen LogP contribution is 2.41. The largest absolute Gasteiger partial charge is 0.508 e. The molecule has 1 rings (SSSR count). The zero-order valence-electron chi connectivity index (χ0n) is 11.4. The summed E-state index contributed by atoms with van der Waals surface area (Å²) in [5.41, 5.74) is -0.0423. The fraction of sp³-hybridized carbons (Fsp3) is 0.333. The molecule has 0 heterocycles. The lowest BCUT2D eigenvalue weighted by Gasteiger charge is -2.23. The van der Waals surface area contributed by atoms with E-state index in [1.165, 1.54) is 0 Å². The maximum atomic E-state index is 11.0. The van der Waals surface area contributed by atoms with E-state index in [2.05, 4.69) is 0 Å². The summed E-state index contributed by atoms with van der Waals surface area (Å²) in [6.45, 7) is -0.464. The molecule has 14 heteroatoms. The van der Waals surface area contributed by atoms with Crippen LogP contribution in [-0.2, 0) is 25.8 Å². The van der Waals surface area contributed by atoms with Gasteiger partial charge in [0.05, 0.1) is 4.90 Å². The molecule has 0 aliphatic rings. The van der Waals surface area contributed by atoms with Gasteiger partial charge in [0.15, 0.2) is 0 Å². The van der Waals surface area contributed by atoms with Crippen molar-refractivity contribution in [3.8, 4) is 5.75 Å². The lowest BCUT2D eigenvalue weighted by Crippen LogP contribution is -2.25. The van der Waals surface area contributed by atoms with Crippen LogP contribution in [0.4, 0.5) is 0 Å². The Bertz CT molecular complexity index is 743. The molecule has 6 N–H and O–H groups in total. The summed E-state index contributed by atoms with van der Waals surface area (Å²) in [6.07, 6.45) is -1.95. The molecule has 0 aliphatic carbocycles. The highest BCUT2D eigenvalue weighted by molar-refractivity contribution is 7.85. The second-order valence-electron chi connectivity index (χ2n) is 4.71. The molecule has 0 bridgehead atoms. The van der Waals surface area contributed by atoms with Gasteiger partial charge in [-0.1, -0.05) is 6.07 Å². The minimum atomic E-state index is -4.63. The average molecular weight is 391 g/mol. The molecule has 0 aromatic heterocycles. The molecular weight excluding hydrogens is 376 g/mol. The van der Waals surface area contributed by atoms with E-state index in [4.69, 9.17) is 24.1 Å². The van der Waals surface area contributed by atoms with Crippen molar-refractivity contribution in [1.29, 1.82) is 0 Å². The van der Waals surface area contributed by atoms with Gasteiger partial charge in [-0.25, -0.2) is 0 Å². The van der Waals surface area contributed by atoms with E-state index in [0.717, 1.165) is 17.0 Å². The Morgan fingerprint density at radius 3 is 1.83 bits per heavy atom. The SMILES string of the molecule is O=P(O)(O)CN(Cc1ccc(S(=O)(=O)O)cc1O)CP(=O)(O)O. The van der Waals surface area contributed by atoms with Gasteiger partial charge in [0.1, 0.15) is 18.3 Å². The normalized spacial score (nSPS) is 13.5. The minimum Gasteiger partial charge on any atom is -0.508 e. The maximum absolute atomic E-state index is 11.0. The van der Waals surface area contributed by atoms with Crippen molar-refractivity contribution in [2.75, 3.05) is 12.6 Å². The first-order valence-electron chi connectivity index (χ1n) is 5.78. The number of phenolic OH excluding ortho intramolecular Hbond substituents is 1. The quantitative estimate of drug-likeness (QED) is 0.264. The van der Waals surface area contributed by atoms with Gasteiger partial charge >= 0.3 is 15.2 Å².